The highest BCUT2D eigenvalue weighted by atomic mass is 16.5. The van der Waals surface area contributed by atoms with Gasteiger partial charge in [-0.3, -0.25) is 4.79 Å². The fraction of sp³-hybridized carbons (Fsp3) is 0.250. The van der Waals surface area contributed by atoms with Crippen LogP contribution < -0.4 is 11.1 Å². The van der Waals surface area contributed by atoms with E-state index in [0.717, 1.165) is 11.1 Å². The van der Waals surface area contributed by atoms with Gasteiger partial charge < -0.3 is 15.6 Å². The molecule has 3 aromatic rings. The third kappa shape index (κ3) is 3.97. The second kappa shape index (κ2) is 7.93. The van der Waals surface area contributed by atoms with E-state index >= 15 is 0 Å². The Labute approximate surface area is 152 Å². The Hall–Kier alpha value is -2.99. The van der Waals surface area contributed by atoms with Crippen molar-refractivity contribution < 1.29 is 9.32 Å². The Morgan fingerprint density at radius 2 is 1.81 bits per heavy atom. The minimum Gasteiger partial charge on any atom is -0.340 e. The molecule has 1 aromatic heterocycles. The number of nitrogens with one attached hydrogen (secondary N) is 1. The van der Waals surface area contributed by atoms with Crippen LogP contribution in [0.2, 0.25) is 0 Å². The van der Waals surface area contributed by atoms with Gasteiger partial charge in [-0.25, -0.2) is 0 Å². The Balaban J connectivity index is 1.80. The number of hydrogen-bond donors (Lipinski definition) is 2. The summed E-state index contributed by atoms with van der Waals surface area (Å²) in [6.07, 6.45) is 0. The summed E-state index contributed by atoms with van der Waals surface area (Å²) in [7, 11) is 0. The normalized spacial score (nSPS) is 12.2. The second-order valence-electron chi connectivity index (χ2n) is 6.42. The highest BCUT2D eigenvalue weighted by Gasteiger charge is 2.25. The molecule has 0 aliphatic heterocycles. The first-order valence-electron chi connectivity index (χ1n) is 8.57. The average molecular weight is 350 g/mol. The van der Waals surface area contributed by atoms with Crippen molar-refractivity contribution in [3.05, 3.63) is 71.6 Å². The Bertz CT molecular complexity index is 857. The van der Waals surface area contributed by atoms with Crippen molar-refractivity contribution in [1.29, 1.82) is 0 Å². The summed E-state index contributed by atoms with van der Waals surface area (Å²) in [5.41, 5.74) is 8.09. The summed E-state index contributed by atoms with van der Waals surface area (Å²) in [4.78, 5) is 16.9. The number of nitrogens with two attached hydrogens (primary N) is 1. The van der Waals surface area contributed by atoms with E-state index in [-0.39, 0.29) is 17.9 Å². The predicted molar refractivity (Wildman–Crippen MR) is 99.1 cm³/mol. The van der Waals surface area contributed by atoms with Crippen LogP contribution >= 0.6 is 0 Å². The fourth-order valence-electron chi connectivity index (χ4n) is 2.60. The summed E-state index contributed by atoms with van der Waals surface area (Å²) in [6, 6.07) is 16.4. The monoisotopic (exact) mass is 350 g/mol. The minimum atomic E-state index is -0.368. The molecule has 0 spiro atoms. The zero-order chi connectivity index (χ0) is 18.5. The highest BCUT2D eigenvalue weighted by Crippen LogP contribution is 2.24. The number of aromatic nitrogens is 2. The van der Waals surface area contributed by atoms with E-state index in [1.54, 1.807) is 12.1 Å². The van der Waals surface area contributed by atoms with Gasteiger partial charge in [-0.2, -0.15) is 4.98 Å². The van der Waals surface area contributed by atoms with Crippen molar-refractivity contribution in [1.82, 2.24) is 15.5 Å². The summed E-state index contributed by atoms with van der Waals surface area (Å²) >= 11 is 0. The maximum atomic E-state index is 12.5. The number of carbonyl (C=O) groups is 1. The molecule has 3 rings (SSSR count). The van der Waals surface area contributed by atoms with E-state index in [0.29, 0.717) is 23.8 Å². The van der Waals surface area contributed by atoms with E-state index in [9.17, 15) is 4.79 Å². The number of amides is 1. The van der Waals surface area contributed by atoms with E-state index in [1.807, 2.05) is 56.3 Å². The van der Waals surface area contributed by atoms with Crippen LogP contribution in [-0.2, 0) is 6.54 Å². The van der Waals surface area contributed by atoms with Gasteiger partial charge in [0.25, 0.3) is 5.91 Å². The zero-order valence-corrected chi connectivity index (χ0v) is 14.8. The molecule has 1 atom stereocenters. The number of benzene rings is 2. The van der Waals surface area contributed by atoms with Crippen LogP contribution in [0.15, 0.2) is 59.1 Å². The molecule has 0 radical (unpaired) electrons. The van der Waals surface area contributed by atoms with Crippen LogP contribution in [0.5, 0.6) is 0 Å². The molecule has 0 bridgehead atoms. The summed E-state index contributed by atoms with van der Waals surface area (Å²) in [5.74, 6) is 0.803. The largest absolute Gasteiger partial charge is 0.340 e. The number of nitrogens with zero attached hydrogens (tertiary/aromatic N) is 2. The van der Waals surface area contributed by atoms with E-state index in [2.05, 4.69) is 15.5 Å². The van der Waals surface area contributed by atoms with Gasteiger partial charge in [0, 0.05) is 17.7 Å². The molecule has 0 aliphatic carbocycles. The zero-order valence-electron chi connectivity index (χ0n) is 14.8. The van der Waals surface area contributed by atoms with E-state index < -0.39 is 0 Å². The van der Waals surface area contributed by atoms with Crippen molar-refractivity contribution in [2.45, 2.75) is 26.4 Å². The van der Waals surface area contributed by atoms with Gasteiger partial charge in [0.1, 0.15) is 6.04 Å². The predicted octanol–water partition coefficient (Wildman–Crippen LogP) is 3.32. The molecule has 6 heteroatoms. The van der Waals surface area contributed by atoms with E-state index in [4.69, 9.17) is 10.3 Å². The van der Waals surface area contributed by atoms with Gasteiger partial charge in [0.15, 0.2) is 0 Å². The molecule has 2 aromatic carbocycles. The lowest BCUT2D eigenvalue weighted by atomic mass is 10.0. The summed E-state index contributed by atoms with van der Waals surface area (Å²) in [6.45, 7) is 4.48. The fourth-order valence-corrected chi connectivity index (χ4v) is 2.60. The smallest absolute Gasteiger partial charge is 0.251 e. The van der Waals surface area contributed by atoms with Crippen molar-refractivity contribution >= 4 is 5.91 Å². The molecule has 1 unspecified atom stereocenters. The minimum absolute atomic E-state index is 0.0931. The number of carbonyl (C=O) groups excluding carboxylic acids is 1. The van der Waals surface area contributed by atoms with Crippen molar-refractivity contribution in [2.24, 2.45) is 11.7 Å². The Kier molecular flexibility index (Phi) is 5.43. The quantitative estimate of drug-likeness (QED) is 0.711. The highest BCUT2D eigenvalue weighted by molar-refractivity contribution is 5.94. The molecule has 0 aliphatic rings. The molecular weight excluding hydrogens is 328 g/mol. The lowest BCUT2D eigenvalue weighted by Crippen LogP contribution is -2.32. The van der Waals surface area contributed by atoms with Gasteiger partial charge in [0.2, 0.25) is 11.7 Å². The standard InChI is InChI=1S/C20H22N4O2/c1-13(2)17(22-19(25)16-6-4-3-5-7-16)20-23-18(24-26-20)15-10-8-14(12-21)9-11-15/h3-11,13,17H,12,21H2,1-2H3,(H,22,25). The van der Waals surface area contributed by atoms with Crippen molar-refractivity contribution in [2.75, 3.05) is 0 Å². The first-order valence-corrected chi connectivity index (χ1v) is 8.57. The molecular formula is C20H22N4O2. The van der Waals surface area contributed by atoms with Crippen LogP contribution in [0, 0.1) is 5.92 Å². The van der Waals surface area contributed by atoms with Gasteiger partial charge in [-0.1, -0.05) is 61.5 Å². The summed E-state index contributed by atoms with van der Waals surface area (Å²) in [5, 5.41) is 7.04. The maximum Gasteiger partial charge on any atom is 0.251 e. The third-order valence-electron chi connectivity index (χ3n) is 4.14. The van der Waals surface area contributed by atoms with Gasteiger partial charge >= 0.3 is 0 Å². The first-order chi connectivity index (χ1) is 12.6. The first kappa shape index (κ1) is 17.8. The molecule has 0 saturated carbocycles. The van der Waals surface area contributed by atoms with Crippen LogP contribution in [0.4, 0.5) is 0 Å². The topological polar surface area (TPSA) is 94.0 Å². The summed E-state index contributed by atoms with van der Waals surface area (Å²) < 4.78 is 5.44. The SMILES string of the molecule is CC(C)C(NC(=O)c1ccccc1)c1nc(-c2ccc(CN)cc2)no1. The molecule has 134 valence electrons. The molecule has 3 N–H and O–H groups in total. The molecule has 0 saturated heterocycles. The maximum absolute atomic E-state index is 12.5. The molecule has 26 heavy (non-hydrogen) atoms. The molecule has 1 amide bonds. The van der Waals surface area contributed by atoms with Gasteiger partial charge in [-0.15, -0.1) is 0 Å². The lowest BCUT2D eigenvalue weighted by molar-refractivity contribution is 0.0914. The molecule has 0 fully saturated rings. The Morgan fingerprint density at radius 3 is 2.42 bits per heavy atom. The van der Waals surface area contributed by atoms with Crippen molar-refractivity contribution in [3.8, 4) is 11.4 Å². The van der Waals surface area contributed by atoms with Crippen LogP contribution in [0.25, 0.3) is 11.4 Å². The third-order valence-corrected chi connectivity index (χ3v) is 4.14. The number of hydrogen-bond acceptors (Lipinski definition) is 5. The average Bonchev–Trinajstić information content (AvgIpc) is 3.16. The Morgan fingerprint density at radius 1 is 1.12 bits per heavy atom. The number of rotatable bonds is 6. The van der Waals surface area contributed by atoms with Crippen LogP contribution in [-0.4, -0.2) is 16.0 Å². The van der Waals surface area contributed by atoms with Crippen molar-refractivity contribution in [3.63, 3.8) is 0 Å². The van der Waals surface area contributed by atoms with E-state index in [1.165, 1.54) is 0 Å². The van der Waals surface area contributed by atoms with Gasteiger partial charge in [0.05, 0.1) is 0 Å². The lowest BCUT2D eigenvalue weighted by Gasteiger charge is -2.18. The van der Waals surface area contributed by atoms with Crippen LogP contribution in [0.1, 0.15) is 41.7 Å². The molecule has 6 nitrogen and oxygen atoms in total. The molecule has 1 heterocycles. The van der Waals surface area contributed by atoms with Crippen LogP contribution in [0.3, 0.4) is 0 Å². The van der Waals surface area contributed by atoms with Gasteiger partial charge in [-0.05, 0) is 23.6 Å². The second-order valence-corrected chi connectivity index (χ2v) is 6.42.